The second kappa shape index (κ2) is 11.8. The molecule has 34 heavy (non-hydrogen) atoms. The van der Waals surface area contributed by atoms with Crippen molar-refractivity contribution in [2.45, 2.75) is 0 Å². The van der Waals surface area contributed by atoms with E-state index in [4.69, 9.17) is 27.9 Å². The van der Waals surface area contributed by atoms with Gasteiger partial charge in [-0.05, 0) is 48.0 Å². The molecule has 174 valence electrons. The number of carbonyl (C=O) groups excluding carboxylic acids is 3. The second-order valence-corrected chi connectivity index (χ2v) is 7.49. The lowest BCUT2D eigenvalue weighted by Crippen LogP contribution is -2.32. The first-order valence-electron chi connectivity index (χ1n) is 9.68. The van der Waals surface area contributed by atoms with Crippen molar-refractivity contribution in [3.8, 4) is 5.75 Å². The van der Waals surface area contributed by atoms with Crippen LogP contribution in [0, 0.1) is 5.82 Å². The van der Waals surface area contributed by atoms with Gasteiger partial charge in [0, 0.05) is 5.69 Å². The summed E-state index contributed by atoms with van der Waals surface area (Å²) in [6.07, 6.45) is 1.30. The maximum atomic E-state index is 13.2. The number of rotatable bonds is 7. The van der Waals surface area contributed by atoms with Crippen molar-refractivity contribution in [2.24, 2.45) is 5.10 Å². The number of hydrogen-bond donors (Lipinski definition) is 3. The van der Waals surface area contributed by atoms with Gasteiger partial charge < -0.3 is 15.4 Å². The average Bonchev–Trinajstić information content (AvgIpc) is 2.82. The number of ether oxygens (including phenoxy) is 1. The number of para-hydroxylation sites is 1. The van der Waals surface area contributed by atoms with Gasteiger partial charge in [-0.1, -0.05) is 47.5 Å². The summed E-state index contributed by atoms with van der Waals surface area (Å²) in [5, 5.41) is 8.83. The number of halogens is 3. The average molecular weight is 503 g/mol. The van der Waals surface area contributed by atoms with E-state index < -0.39 is 23.5 Å². The molecule has 0 heterocycles. The fraction of sp³-hybridized carbons (Fsp3) is 0.0435. The van der Waals surface area contributed by atoms with Crippen LogP contribution in [0.2, 0.25) is 10.0 Å². The lowest BCUT2D eigenvalue weighted by molar-refractivity contribution is -0.136. The summed E-state index contributed by atoms with van der Waals surface area (Å²) in [5.74, 6) is -2.62. The van der Waals surface area contributed by atoms with Crippen LogP contribution in [0.3, 0.4) is 0 Å². The molecule has 0 radical (unpaired) electrons. The van der Waals surface area contributed by atoms with Crippen LogP contribution in [0.5, 0.6) is 5.75 Å². The standard InChI is InChI=1S/C23H17Cl2FN4O4/c24-17-6-1-2-7-20(17)29-22(32)23(33)30-27-12-14-4-3-5-16(10-14)34-13-21(31)28-15-8-9-19(26)18(25)11-15/h1-12H,13H2,(H,28,31)(H,29,32)(H,30,33)/b27-12-. The lowest BCUT2D eigenvalue weighted by Gasteiger charge is -2.08. The van der Waals surface area contributed by atoms with Gasteiger partial charge in [0.25, 0.3) is 5.91 Å². The molecule has 0 unspecified atom stereocenters. The molecule has 0 fully saturated rings. The third-order valence-corrected chi connectivity index (χ3v) is 4.76. The molecule has 0 spiro atoms. The van der Waals surface area contributed by atoms with Gasteiger partial charge in [0.15, 0.2) is 6.61 Å². The zero-order valence-corrected chi connectivity index (χ0v) is 18.9. The molecule has 0 aromatic heterocycles. The topological polar surface area (TPSA) is 109 Å². The SMILES string of the molecule is O=C(COc1cccc(/C=N\NC(=O)C(=O)Nc2ccccc2Cl)c1)Nc1ccc(F)c(Cl)c1. The van der Waals surface area contributed by atoms with Crippen LogP contribution < -0.4 is 20.8 Å². The fourth-order valence-corrected chi connectivity index (χ4v) is 2.93. The van der Waals surface area contributed by atoms with Crippen LogP contribution in [-0.4, -0.2) is 30.5 Å². The minimum Gasteiger partial charge on any atom is -0.484 e. The Morgan fingerprint density at radius 3 is 2.47 bits per heavy atom. The van der Waals surface area contributed by atoms with E-state index in [0.29, 0.717) is 27.7 Å². The van der Waals surface area contributed by atoms with Crippen LogP contribution in [0.1, 0.15) is 5.56 Å². The molecule has 3 rings (SSSR count). The van der Waals surface area contributed by atoms with Gasteiger partial charge in [-0.15, -0.1) is 0 Å². The first kappa shape index (κ1) is 24.7. The molecule has 0 saturated carbocycles. The van der Waals surface area contributed by atoms with Crippen molar-refractivity contribution in [3.05, 3.63) is 88.2 Å². The van der Waals surface area contributed by atoms with Gasteiger partial charge in [-0.3, -0.25) is 14.4 Å². The molecule has 11 heteroatoms. The molecule has 3 amide bonds. The Morgan fingerprint density at radius 2 is 1.71 bits per heavy atom. The van der Waals surface area contributed by atoms with Crippen molar-refractivity contribution < 1.29 is 23.5 Å². The zero-order valence-electron chi connectivity index (χ0n) is 17.3. The highest BCUT2D eigenvalue weighted by atomic mass is 35.5. The van der Waals surface area contributed by atoms with Gasteiger partial charge in [0.1, 0.15) is 11.6 Å². The Kier molecular flexibility index (Phi) is 8.55. The quantitative estimate of drug-likeness (QED) is 0.255. The van der Waals surface area contributed by atoms with Gasteiger partial charge in [-0.2, -0.15) is 5.10 Å². The first-order chi connectivity index (χ1) is 16.3. The fourth-order valence-electron chi connectivity index (χ4n) is 2.56. The van der Waals surface area contributed by atoms with E-state index in [0.717, 1.165) is 6.07 Å². The minimum atomic E-state index is -0.985. The Morgan fingerprint density at radius 1 is 0.912 bits per heavy atom. The zero-order chi connectivity index (χ0) is 24.5. The van der Waals surface area contributed by atoms with Crippen LogP contribution in [0.25, 0.3) is 0 Å². The molecule has 3 aromatic rings. The number of benzene rings is 3. The smallest absolute Gasteiger partial charge is 0.329 e. The van der Waals surface area contributed by atoms with Crippen LogP contribution in [0.15, 0.2) is 71.8 Å². The van der Waals surface area contributed by atoms with Crippen molar-refractivity contribution in [3.63, 3.8) is 0 Å². The van der Waals surface area contributed by atoms with Crippen molar-refractivity contribution >= 4 is 58.5 Å². The largest absolute Gasteiger partial charge is 0.484 e. The summed E-state index contributed by atoms with van der Waals surface area (Å²) in [6, 6.07) is 16.8. The first-order valence-corrected chi connectivity index (χ1v) is 10.4. The number of carbonyl (C=O) groups is 3. The van der Waals surface area contributed by atoms with Crippen molar-refractivity contribution in [1.82, 2.24) is 5.43 Å². The number of nitrogens with zero attached hydrogens (tertiary/aromatic N) is 1. The highest BCUT2D eigenvalue weighted by Gasteiger charge is 2.14. The molecular formula is C23H17Cl2FN4O4. The summed E-state index contributed by atoms with van der Waals surface area (Å²) < 4.78 is 18.6. The Bertz CT molecular complexity index is 1250. The minimum absolute atomic E-state index is 0.112. The van der Waals surface area contributed by atoms with Gasteiger partial charge in [-0.25, -0.2) is 9.82 Å². The van der Waals surface area contributed by atoms with E-state index in [1.807, 2.05) is 0 Å². The molecule has 0 bridgehead atoms. The molecule has 8 nitrogen and oxygen atoms in total. The van der Waals surface area contributed by atoms with Crippen molar-refractivity contribution in [2.75, 3.05) is 17.2 Å². The number of anilines is 2. The third kappa shape index (κ3) is 7.29. The molecule has 0 aliphatic carbocycles. The number of amides is 3. The Labute approximate surface area is 203 Å². The summed E-state index contributed by atoms with van der Waals surface area (Å²) in [5.41, 5.74) is 3.27. The molecule has 3 N–H and O–H groups in total. The number of hydrazone groups is 1. The van der Waals surface area contributed by atoms with E-state index in [9.17, 15) is 18.8 Å². The summed E-state index contributed by atoms with van der Waals surface area (Å²) in [4.78, 5) is 35.9. The maximum Gasteiger partial charge on any atom is 0.329 e. The summed E-state index contributed by atoms with van der Waals surface area (Å²) in [6.45, 7) is -0.311. The van der Waals surface area contributed by atoms with E-state index in [1.54, 1.807) is 48.5 Å². The van der Waals surface area contributed by atoms with E-state index >= 15 is 0 Å². The predicted molar refractivity (Wildman–Crippen MR) is 128 cm³/mol. The Hall–Kier alpha value is -3.95. The molecule has 0 saturated heterocycles. The highest BCUT2D eigenvalue weighted by molar-refractivity contribution is 6.41. The van der Waals surface area contributed by atoms with E-state index in [2.05, 4.69) is 21.2 Å². The summed E-state index contributed by atoms with van der Waals surface area (Å²) in [7, 11) is 0. The third-order valence-electron chi connectivity index (χ3n) is 4.14. The maximum absolute atomic E-state index is 13.2. The van der Waals surface area contributed by atoms with Crippen LogP contribution in [-0.2, 0) is 14.4 Å². The number of hydrogen-bond acceptors (Lipinski definition) is 5. The predicted octanol–water partition coefficient (Wildman–Crippen LogP) is 4.24. The normalized spacial score (nSPS) is 10.6. The molecule has 0 aliphatic rings. The highest BCUT2D eigenvalue weighted by Crippen LogP contribution is 2.20. The molecular weight excluding hydrogens is 486 g/mol. The second-order valence-electron chi connectivity index (χ2n) is 6.67. The van der Waals surface area contributed by atoms with E-state index in [1.165, 1.54) is 18.3 Å². The number of nitrogens with one attached hydrogen (secondary N) is 3. The van der Waals surface area contributed by atoms with Crippen LogP contribution >= 0.6 is 23.2 Å². The van der Waals surface area contributed by atoms with Crippen molar-refractivity contribution in [1.29, 1.82) is 0 Å². The lowest BCUT2D eigenvalue weighted by atomic mass is 10.2. The Balaban J connectivity index is 1.49. The van der Waals surface area contributed by atoms with Gasteiger partial charge >= 0.3 is 11.8 Å². The van der Waals surface area contributed by atoms with Gasteiger partial charge in [0.05, 0.1) is 21.9 Å². The molecule has 3 aromatic carbocycles. The summed E-state index contributed by atoms with van der Waals surface area (Å²) >= 11 is 11.6. The van der Waals surface area contributed by atoms with E-state index in [-0.39, 0.29) is 11.6 Å². The van der Waals surface area contributed by atoms with Gasteiger partial charge in [0.2, 0.25) is 0 Å². The monoisotopic (exact) mass is 502 g/mol. The molecule has 0 atom stereocenters. The van der Waals surface area contributed by atoms with Crippen LogP contribution in [0.4, 0.5) is 15.8 Å². The molecule has 0 aliphatic heterocycles.